The van der Waals surface area contributed by atoms with Gasteiger partial charge in [0, 0.05) is 19.6 Å². The lowest BCUT2D eigenvalue weighted by Crippen LogP contribution is -2.52. The lowest BCUT2D eigenvalue weighted by Gasteiger charge is -2.34. The monoisotopic (exact) mass is 388 g/mol. The van der Waals surface area contributed by atoms with Crippen LogP contribution in [0.2, 0.25) is 5.02 Å². The fraction of sp³-hybridized carbons (Fsp3) is 0.538. The van der Waals surface area contributed by atoms with Crippen LogP contribution in [-0.2, 0) is 14.8 Å². The van der Waals surface area contributed by atoms with Gasteiger partial charge in [-0.3, -0.25) is 0 Å². The van der Waals surface area contributed by atoms with Crippen LogP contribution in [0, 0.1) is 5.82 Å². The predicted octanol–water partition coefficient (Wildman–Crippen LogP) is 0.842. The number of hydrogen-bond acceptors (Lipinski definition) is 5. The van der Waals surface area contributed by atoms with E-state index in [1.165, 1.54) is 12.1 Å². The molecule has 0 radical (unpaired) electrons. The van der Waals surface area contributed by atoms with Crippen LogP contribution in [0.3, 0.4) is 0 Å². The van der Waals surface area contributed by atoms with Crippen LogP contribution in [0.15, 0.2) is 18.2 Å². The number of aliphatic hydroxyl groups is 1. The van der Waals surface area contributed by atoms with E-state index in [1.54, 1.807) is 6.07 Å². The zero-order chi connectivity index (χ0) is 16.4. The summed E-state index contributed by atoms with van der Waals surface area (Å²) in [5, 5.41) is 13.8. The molecule has 2 atom stereocenters. The zero-order valence-corrected chi connectivity index (χ0v) is 14.8. The number of ether oxygens (including phenoxy) is 1. The van der Waals surface area contributed by atoms with Gasteiger partial charge in [-0.2, -0.15) is 0 Å². The van der Waals surface area contributed by atoms with E-state index >= 15 is 0 Å². The number of hydrogen-bond donors (Lipinski definition) is 3. The molecule has 0 spiro atoms. The highest BCUT2D eigenvalue weighted by molar-refractivity contribution is 7.88. The Morgan fingerprint density at radius 3 is 2.87 bits per heavy atom. The molecule has 23 heavy (non-hydrogen) atoms. The molecule has 1 fully saturated rings. The Bertz CT molecular complexity index is 647. The van der Waals surface area contributed by atoms with Crippen molar-refractivity contribution in [1.82, 2.24) is 10.0 Å². The smallest absolute Gasteiger partial charge is 0.208 e. The number of halogens is 3. The first-order chi connectivity index (χ1) is 10.2. The lowest BCUT2D eigenvalue weighted by atomic mass is 9.91. The predicted molar refractivity (Wildman–Crippen MR) is 88.0 cm³/mol. The maximum absolute atomic E-state index is 13.7. The standard InChI is InChI=1S/C13H18ClFN2O4S.ClH/c1-22(19,20)17-8-13(18)7-16-4-5-21-12(13)9-2-3-10(14)11(15)6-9;/h2-3,6,12,16-18H,4-5,7-8H2,1H3;1H. The number of rotatable bonds is 4. The molecular weight excluding hydrogens is 370 g/mol. The first-order valence-electron chi connectivity index (χ1n) is 6.65. The summed E-state index contributed by atoms with van der Waals surface area (Å²) in [5.41, 5.74) is -1.16. The Labute approximate surface area is 145 Å². The normalized spacial score (nSPS) is 25.5. The molecule has 0 amide bonds. The summed E-state index contributed by atoms with van der Waals surface area (Å²) in [6, 6.07) is 4.11. The second-order valence-electron chi connectivity index (χ2n) is 5.30. The van der Waals surface area contributed by atoms with E-state index in [0.29, 0.717) is 18.7 Å². The van der Waals surface area contributed by atoms with Crippen molar-refractivity contribution in [2.24, 2.45) is 0 Å². The molecule has 0 aliphatic carbocycles. The van der Waals surface area contributed by atoms with Crippen LogP contribution in [0.25, 0.3) is 0 Å². The van der Waals surface area contributed by atoms with E-state index in [9.17, 15) is 17.9 Å². The summed E-state index contributed by atoms with van der Waals surface area (Å²) in [4.78, 5) is 0. The van der Waals surface area contributed by atoms with E-state index < -0.39 is 27.5 Å². The Balaban J connectivity index is 0.00000264. The second-order valence-corrected chi connectivity index (χ2v) is 7.54. The van der Waals surface area contributed by atoms with Gasteiger partial charge in [0.2, 0.25) is 10.0 Å². The van der Waals surface area contributed by atoms with Crippen molar-refractivity contribution in [2.45, 2.75) is 11.7 Å². The van der Waals surface area contributed by atoms with Gasteiger partial charge in [-0.1, -0.05) is 17.7 Å². The SMILES string of the molecule is CS(=O)(=O)NCC1(O)CNCCOC1c1ccc(Cl)c(F)c1.Cl. The first kappa shape index (κ1) is 20.6. The van der Waals surface area contributed by atoms with Crippen molar-refractivity contribution in [3.63, 3.8) is 0 Å². The van der Waals surface area contributed by atoms with Crippen LogP contribution in [0.1, 0.15) is 11.7 Å². The largest absolute Gasteiger partial charge is 0.384 e. The highest BCUT2D eigenvalue weighted by Gasteiger charge is 2.40. The van der Waals surface area contributed by atoms with Crippen LogP contribution >= 0.6 is 24.0 Å². The molecule has 0 bridgehead atoms. The maximum Gasteiger partial charge on any atom is 0.208 e. The van der Waals surface area contributed by atoms with Gasteiger partial charge < -0.3 is 15.2 Å². The average molecular weight is 389 g/mol. The summed E-state index contributed by atoms with van der Waals surface area (Å²) in [6.45, 7) is 0.641. The fourth-order valence-corrected chi connectivity index (χ4v) is 2.92. The van der Waals surface area contributed by atoms with E-state index in [-0.39, 0.29) is 30.5 Å². The van der Waals surface area contributed by atoms with Gasteiger partial charge >= 0.3 is 0 Å². The minimum Gasteiger partial charge on any atom is -0.384 e. The molecule has 0 saturated carbocycles. The fourth-order valence-electron chi connectivity index (χ4n) is 2.29. The number of sulfonamides is 1. The topological polar surface area (TPSA) is 87.7 Å². The van der Waals surface area contributed by atoms with Gasteiger partial charge in [0.25, 0.3) is 0 Å². The molecule has 1 heterocycles. The molecule has 2 rings (SSSR count). The molecule has 1 aliphatic heterocycles. The molecular formula is C13H19Cl2FN2O4S. The Hall–Kier alpha value is -0.480. The quantitative estimate of drug-likeness (QED) is 0.711. The van der Waals surface area contributed by atoms with Gasteiger partial charge in [-0.25, -0.2) is 17.5 Å². The van der Waals surface area contributed by atoms with Crippen molar-refractivity contribution in [3.8, 4) is 0 Å². The highest BCUT2D eigenvalue weighted by Crippen LogP contribution is 2.32. The van der Waals surface area contributed by atoms with E-state index in [2.05, 4.69) is 10.0 Å². The van der Waals surface area contributed by atoms with Gasteiger partial charge in [0.1, 0.15) is 17.5 Å². The maximum atomic E-state index is 13.7. The summed E-state index contributed by atoms with van der Waals surface area (Å²) < 4.78 is 44.1. The lowest BCUT2D eigenvalue weighted by molar-refractivity contribution is -0.0909. The van der Waals surface area contributed by atoms with Gasteiger partial charge in [-0.15, -0.1) is 12.4 Å². The Morgan fingerprint density at radius 1 is 1.57 bits per heavy atom. The van der Waals surface area contributed by atoms with E-state index in [0.717, 1.165) is 6.26 Å². The number of benzene rings is 1. The third kappa shape index (κ3) is 5.53. The minimum atomic E-state index is -3.48. The molecule has 1 saturated heterocycles. The number of nitrogens with one attached hydrogen (secondary N) is 2. The first-order valence-corrected chi connectivity index (χ1v) is 8.92. The Kier molecular flexibility index (Phi) is 7.21. The van der Waals surface area contributed by atoms with Crippen LogP contribution < -0.4 is 10.0 Å². The molecule has 10 heteroatoms. The van der Waals surface area contributed by atoms with Crippen molar-refractivity contribution in [3.05, 3.63) is 34.6 Å². The molecule has 1 aromatic carbocycles. The van der Waals surface area contributed by atoms with E-state index in [4.69, 9.17) is 16.3 Å². The third-order valence-electron chi connectivity index (χ3n) is 3.37. The highest BCUT2D eigenvalue weighted by atomic mass is 35.5. The van der Waals surface area contributed by atoms with Crippen LogP contribution in [0.4, 0.5) is 4.39 Å². The summed E-state index contributed by atoms with van der Waals surface area (Å²) in [7, 11) is -3.48. The summed E-state index contributed by atoms with van der Waals surface area (Å²) in [6.07, 6.45) is 0.113. The van der Waals surface area contributed by atoms with Crippen molar-refractivity contribution >= 4 is 34.0 Å². The number of β-amino-alcohol motifs (C(OH)–C–C–N with tert-alkyl or cyclic N) is 1. The summed E-state index contributed by atoms with van der Waals surface area (Å²) in [5.74, 6) is -0.626. The van der Waals surface area contributed by atoms with Gasteiger partial charge in [-0.05, 0) is 17.7 Å². The molecule has 132 valence electrons. The van der Waals surface area contributed by atoms with Crippen LogP contribution in [0.5, 0.6) is 0 Å². The van der Waals surface area contributed by atoms with Gasteiger partial charge in [0.15, 0.2) is 0 Å². The molecule has 2 unspecified atom stereocenters. The molecule has 1 aliphatic rings. The molecule has 0 aromatic heterocycles. The minimum absolute atomic E-state index is 0. The van der Waals surface area contributed by atoms with E-state index in [1.807, 2.05) is 0 Å². The van der Waals surface area contributed by atoms with Gasteiger partial charge in [0.05, 0.1) is 17.9 Å². The average Bonchev–Trinajstić information content (AvgIpc) is 2.62. The molecule has 1 aromatic rings. The Morgan fingerprint density at radius 2 is 2.26 bits per heavy atom. The summed E-state index contributed by atoms with van der Waals surface area (Å²) >= 11 is 5.66. The van der Waals surface area contributed by atoms with Crippen molar-refractivity contribution in [2.75, 3.05) is 32.5 Å². The van der Waals surface area contributed by atoms with Crippen molar-refractivity contribution < 1.29 is 22.7 Å². The van der Waals surface area contributed by atoms with Crippen LogP contribution in [-0.4, -0.2) is 51.6 Å². The van der Waals surface area contributed by atoms with Crippen molar-refractivity contribution in [1.29, 1.82) is 0 Å². The zero-order valence-electron chi connectivity index (χ0n) is 12.4. The second kappa shape index (κ2) is 8.06. The molecule has 6 nitrogen and oxygen atoms in total. The molecule has 3 N–H and O–H groups in total. The third-order valence-corrected chi connectivity index (χ3v) is 4.34.